The second-order valence-corrected chi connectivity index (χ2v) is 7.58. The third kappa shape index (κ3) is 3.11. The van der Waals surface area contributed by atoms with E-state index in [1.165, 1.54) is 12.0 Å². The normalized spacial score (nSPS) is 18.1. The number of hydrogen-bond donors (Lipinski definition) is 2. The highest BCUT2D eigenvalue weighted by Crippen LogP contribution is 2.45. The molecule has 1 amide bonds. The van der Waals surface area contributed by atoms with Crippen LogP contribution in [0.1, 0.15) is 39.9 Å². The van der Waals surface area contributed by atoms with E-state index in [1.807, 2.05) is 20.8 Å². The molecule has 0 radical (unpaired) electrons. The van der Waals surface area contributed by atoms with Gasteiger partial charge in [0.15, 0.2) is 5.82 Å². The van der Waals surface area contributed by atoms with Gasteiger partial charge in [0.05, 0.1) is 12.7 Å². The third-order valence-corrected chi connectivity index (χ3v) is 5.66. The van der Waals surface area contributed by atoms with E-state index in [0.717, 1.165) is 11.3 Å². The second-order valence-electron chi connectivity index (χ2n) is 7.58. The largest absolute Gasteiger partial charge is 0.507 e. The SMILES string of the molecule is COc1ccccc1C1/C(=C(\O)c2c(C)[nH]c(C)c2C)C(=O)C(=O)N1c1cc(C)on1. The lowest BCUT2D eigenvalue weighted by atomic mass is 9.93. The maximum Gasteiger partial charge on any atom is 0.301 e. The van der Waals surface area contributed by atoms with Crippen LogP contribution in [0.4, 0.5) is 5.82 Å². The summed E-state index contributed by atoms with van der Waals surface area (Å²) in [5.74, 6) is -0.683. The number of hydrogen-bond acceptors (Lipinski definition) is 6. The summed E-state index contributed by atoms with van der Waals surface area (Å²) in [5, 5.41) is 15.3. The minimum atomic E-state index is -0.936. The number of amides is 1. The Labute approximate surface area is 179 Å². The van der Waals surface area contributed by atoms with Gasteiger partial charge in [0.25, 0.3) is 5.78 Å². The zero-order chi connectivity index (χ0) is 22.4. The van der Waals surface area contributed by atoms with Gasteiger partial charge in [0, 0.05) is 28.6 Å². The summed E-state index contributed by atoms with van der Waals surface area (Å²) in [6.07, 6.45) is 0. The number of ketones is 1. The molecule has 1 aromatic carbocycles. The first-order chi connectivity index (χ1) is 14.8. The number of benzene rings is 1. The molecule has 8 nitrogen and oxygen atoms in total. The molecule has 4 rings (SSSR count). The van der Waals surface area contributed by atoms with Crippen molar-refractivity contribution in [3.63, 3.8) is 0 Å². The molecule has 2 aromatic heterocycles. The minimum absolute atomic E-state index is 0.0275. The highest BCUT2D eigenvalue weighted by Gasteiger charge is 2.49. The molecule has 1 aliphatic heterocycles. The zero-order valence-electron chi connectivity index (χ0n) is 17.9. The van der Waals surface area contributed by atoms with Crippen molar-refractivity contribution in [1.29, 1.82) is 0 Å². The molecule has 31 heavy (non-hydrogen) atoms. The molecule has 1 atom stereocenters. The summed E-state index contributed by atoms with van der Waals surface area (Å²) in [5.41, 5.74) is 3.40. The Balaban J connectivity index is 2.03. The van der Waals surface area contributed by atoms with E-state index >= 15 is 0 Å². The van der Waals surface area contributed by atoms with Crippen molar-refractivity contribution in [1.82, 2.24) is 10.1 Å². The Morgan fingerprint density at radius 3 is 2.45 bits per heavy atom. The van der Waals surface area contributed by atoms with Crippen LogP contribution in [-0.4, -0.2) is 34.0 Å². The smallest absolute Gasteiger partial charge is 0.301 e. The van der Waals surface area contributed by atoms with Crippen LogP contribution >= 0.6 is 0 Å². The Hall–Kier alpha value is -3.81. The van der Waals surface area contributed by atoms with E-state index in [-0.39, 0.29) is 17.2 Å². The van der Waals surface area contributed by atoms with Crippen molar-refractivity contribution in [2.24, 2.45) is 0 Å². The molecule has 0 spiro atoms. The third-order valence-electron chi connectivity index (χ3n) is 5.66. The summed E-state index contributed by atoms with van der Waals surface area (Å²) in [6.45, 7) is 7.24. The van der Waals surface area contributed by atoms with Gasteiger partial charge in [-0.05, 0) is 39.3 Å². The first-order valence-electron chi connectivity index (χ1n) is 9.79. The van der Waals surface area contributed by atoms with Crippen molar-refractivity contribution in [2.45, 2.75) is 33.7 Å². The van der Waals surface area contributed by atoms with E-state index in [2.05, 4.69) is 10.1 Å². The van der Waals surface area contributed by atoms with Crippen LogP contribution in [-0.2, 0) is 9.59 Å². The highest BCUT2D eigenvalue weighted by atomic mass is 16.5. The van der Waals surface area contributed by atoms with Gasteiger partial charge in [0.1, 0.15) is 23.3 Å². The quantitative estimate of drug-likeness (QED) is 0.376. The molecule has 3 aromatic rings. The van der Waals surface area contributed by atoms with Crippen LogP contribution in [0, 0.1) is 27.7 Å². The lowest BCUT2D eigenvalue weighted by molar-refractivity contribution is -0.132. The average molecular weight is 421 g/mol. The number of aromatic amines is 1. The van der Waals surface area contributed by atoms with Crippen LogP contribution < -0.4 is 9.64 Å². The van der Waals surface area contributed by atoms with Crippen molar-refractivity contribution < 1.29 is 24.0 Å². The number of para-hydroxylation sites is 1. The maximum atomic E-state index is 13.2. The Kier molecular flexibility index (Phi) is 4.93. The first-order valence-corrected chi connectivity index (χ1v) is 9.79. The molecule has 2 N–H and O–H groups in total. The number of carbonyl (C=O) groups excluding carboxylic acids is 2. The molecule has 0 saturated carbocycles. The predicted octanol–water partition coefficient (Wildman–Crippen LogP) is 3.87. The van der Waals surface area contributed by atoms with Crippen molar-refractivity contribution in [3.8, 4) is 5.75 Å². The van der Waals surface area contributed by atoms with Gasteiger partial charge in [-0.1, -0.05) is 23.4 Å². The summed E-state index contributed by atoms with van der Waals surface area (Å²) < 4.78 is 10.7. The number of aliphatic hydroxyl groups is 1. The Morgan fingerprint density at radius 1 is 1.16 bits per heavy atom. The molecule has 0 aliphatic carbocycles. The van der Waals surface area contributed by atoms with Gasteiger partial charge in [-0.25, -0.2) is 0 Å². The molecule has 0 bridgehead atoms. The molecule has 160 valence electrons. The standard InChI is InChI=1S/C23H23N3O5/c1-11-10-17(25-31-11)26-20(15-8-6-7-9-16(15)30-5)19(22(28)23(26)29)21(27)18-12(2)13(3)24-14(18)4/h6-10,20,24,27H,1-5H3/b21-19+. The van der Waals surface area contributed by atoms with E-state index in [0.29, 0.717) is 28.3 Å². The molecular formula is C23H23N3O5. The number of aryl methyl sites for hydroxylation is 3. The minimum Gasteiger partial charge on any atom is -0.507 e. The lowest BCUT2D eigenvalue weighted by Crippen LogP contribution is -2.29. The van der Waals surface area contributed by atoms with Gasteiger partial charge >= 0.3 is 5.91 Å². The molecule has 1 aliphatic rings. The number of nitrogens with zero attached hydrogens (tertiary/aromatic N) is 2. The molecule has 8 heteroatoms. The number of rotatable bonds is 4. The van der Waals surface area contributed by atoms with Crippen molar-refractivity contribution in [2.75, 3.05) is 12.0 Å². The lowest BCUT2D eigenvalue weighted by Gasteiger charge is -2.24. The fourth-order valence-corrected chi connectivity index (χ4v) is 4.12. The van der Waals surface area contributed by atoms with E-state index < -0.39 is 17.7 Å². The number of anilines is 1. The average Bonchev–Trinajstić information content (AvgIpc) is 3.36. The number of methoxy groups -OCH3 is 1. The number of carbonyl (C=O) groups is 2. The summed E-state index contributed by atoms with van der Waals surface area (Å²) >= 11 is 0. The summed E-state index contributed by atoms with van der Waals surface area (Å²) in [6, 6.07) is 7.70. The van der Waals surface area contributed by atoms with Crippen LogP contribution in [0.15, 0.2) is 40.4 Å². The number of aliphatic hydroxyl groups excluding tert-OH is 1. The number of H-pyrrole nitrogens is 1. The number of nitrogens with one attached hydrogen (secondary N) is 1. The van der Waals surface area contributed by atoms with Gasteiger partial charge in [0.2, 0.25) is 0 Å². The van der Waals surface area contributed by atoms with Crippen LogP contribution in [0.2, 0.25) is 0 Å². The molecule has 3 heterocycles. The van der Waals surface area contributed by atoms with Gasteiger partial charge in [-0.15, -0.1) is 0 Å². The molecular weight excluding hydrogens is 398 g/mol. The van der Waals surface area contributed by atoms with Gasteiger partial charge < -0.3 is 19.4 Å². The first kappa shape index (κ1) is 20.5. The van der Waals surface area contributed by atoms with Crippen LogP contribution in [0.5, 0.6) is 5.75 Å². The summed E-state index contributed by atoms with van der Waals surface area (Å²) in [4.78, 5) is 30.7. The molecule has 1 fully saturated rings. The van der Waals surface area contributed by atoms with Crippen LogP contribution in [0.25, 0.3) is 5.76 Å². The number of aromatic nitrogens is 2. The van der Waals surface area contributed by atoms with E-state index in [9.17, 15) is 14.7 Å². The fourth-order valence-electron chi connectivity index (χ4n) is 4.12. The monoisotopic (exact) mass is 421 g/mol. The fraction of sp³-hybridized carbons (Fsp3) is 0.261. The number of Topliss-reactive ketones (excluding diaryl/α,β-unsaturated/α-hetero) is 1. The highest BCUT2D eigenvalue weighted by molar-refractivity contribution is 6.51. The topological polar surface area (TPSA) is 109 Å². The zero-order valence-corrected chi connectivity index (χ0v) is 17.9. The van der Waals surface area contributed by atoms with Gasteiger partial charge in [-0.2, -0.15) is 0 Å². The van der Waals surface area contributed by atoms with Gasteiger partial charge in [-0.3, -0.25) is 14.5 Å². The van der Waals surface area contributed by atoms with E-state index in [1.54, 1.807) is 37.3 Å². The van der Waals surface area contributed by atoms with Crippen molar-refractivity contribution in [3.05, 3.63) is 69.7 Å². The predicted molar refractivity (Wildman–Crippen MR) is 114 cm³/mol. The van der Waals surface area contributed by atoms with E-state index in [4.69, 9.17) is 9.26 Å². The molecule has 1 saturated heterocycles. The Morgan fingerprint density at radius 2 is 1.87 bits per heavy atom. The number of ether oxygens (including phenoxy) is 1. The second kappa shape index (κ2) is 7.46. The molecule has 1 unspecified atom stereocenters. The summed E-state index contributed by atoms with van der Waals surface area (Å²) in [7, 11) is 1.51. The van der Waals surface area contributed by atoms with Crippen molar-refractivity contribution >= 4 is 23.3 Å². The Bertz CT molecular complexity index is 1230. The van der Waals surface area contributed by atoms with Crippen LogP contribution in [0.3, 0.4) is 0 Å². The maximum absolute atomic E-state index is 13.2.